The number of halogens is 2. The van der Waals surface area contributed by atoms with E-state index in [1.54, 1.807) is 12.1 Å². The summed E-state index contributed by atoms with van der Waals surface area (Å²) in [7, 11) is 0. The summed E-state index contributed by atoms with van der Waals surface area (Å²) in [5.74, 6) is -0.181. The summed E-state index contributed by atoms with van der Waals surface area (Å²) in [6, 6.07) is 8.51. The summed E-state index contributed by atoms with van der Waals surface area (Å²) < 4.78 is 13.9. The van der Waals surface area contributed by atoms with Crippen molar-refractivity contribution in [3.8, 4) is 0 Å². The second kappa shape index (κ2) is 7.43. The third kappa shape index (κ3) is 3.91. The van der Waals surface area contributed by atoms with Crippen LogP contribution in [0, 0.1) is 5.82 Å². The highest BCUT2D eigenvalue weighted by molar-refractivity contribution is 7.12. The Labute approximate surface area is 144 Å². The lowest BCUT2D eigenvalue weighted by Gasteiger charge is -2.22. The van der Waals surface area contributed by atoms with Crippen LogP contribution in [0.5, 0.6) is 0 Å². The molecule has 2 heterocycles. The van der Waals surface area contributed by atoms with Crippen LogP contribution in [-0.2, 0) is 6.54 Å². The fourth-order valence-corrected chi connectivity index (χ4v) is 3.71. The minimum Gasteiger partial charge on any atom is -0.337 e. The van der Waals surface area contributed by atoms with E-state index in [9.17, 15) is 9.18 Å². The van der Waals surface area contributed by atoms with Crippen molar-refractivity contribution in [1.82, 2.24) is 9.80 Å². The predicted octanol–water partition coefficient (Wildman–Crippen LogP) is 3.89. The van der Waals surface area contributed by atoms with E-state index in [1.807, 2.05) is 22.4 Å². The van der Waals surface area contributed by atoms with E-state index < -0.39 is 0 Å². The molecule has 0 atom stereocenters. The quantitative estimate of drug-likeness (QED) is 0.836. The zero-order chi connectivity index (χ0) is 16.2. The second-order valence-corrected chi connectivity index (χ2v) is 6.95. The Kier molecular flexibility index (Phi) is 5.30. The third-order valence-electron chi connectivity index (χ3n) is 4.05. The monoisotopic (exact) mass is 352 g/mol. The molecule has 122 valence electrons. The van der Waals surface area contributed by atoms with Gasteiger partial charge < -0.3 is 4.90 Å². The van der Waals surface area contributed by atoms with Crippen LogP contribution >= 0.6 is 22.9 Å². The number of carbonyl (C=O) groups excluding carboxylic acids is 1. The van der Waals surface area contributed by atoms with Gasteiger partial charge in [0.2, 0.25) is 0 Å². The molecule has 2 aromatic rings. The van der Waals surface area contributed by atoms with Crippen LogP contribution in [0.4, 0.5) is 4.39 Å². The Balaban J connectivity index is 1.64. The fourth-order valence-electron chi connectivity index (χ4n) is 2.80. The van der Waals surface area contributed by atoms with E-state index in [2.05, 4.69) is 4.90 Å². The van der Waals surface area contributed by atoms with Gasteiger partial charge in [-0.15, -0.1) is 11.3 Å². The Hall–Kier alpha value is -1.43. The van der Waals surface area contributed by atoms with Gasteiger partial charge in [-0.1, -0.05) is 23.7 Å². The fraction of sp³-hybridized carbons (Fsp3) is 0.353. The van der Waals surface area contributed by atoms with Gasteiger partial charge in [0.15, 0.2) is 0 Å². The molecule has 0 N–H and O–H groups in total. The molecule has 1 aliphatic heterocycles. The summed E-state index contributed by atoms with van der Waals surface area (Å²) in [5, 5.41) is 2.37. The van der Waals surface area contributed by atoms with Crippen molar-refractivity contribution in [2.24, 2.45) is 0 Å². The van der Waals surface area contributed by atoms with Gasteiger partial charge in [-0.2, -0.15) is 0 Å². The van der Waals surface area contributed by atoms with Gasteiger partial charge in [-0.05, 0) is 30.0 Å². The van der Waals surface area contributed by atoms with E-state index in [4.69, 9.17) is 11.6 Å². The number of nitrogens with zero attached hydrogens (tertiary/aromatic N) is 2. The van der Waals surface area contributed by atoms with Crippen LogP contribution in [0.15, 0.2) is 35.7 Å². The molecule has 0 bridgehead atoms. The topological polar surface area (TPSA) is 23.6 Å². The van der Waals surface area contributed by atoms with Crippen LogP contribution in [0.3, 0.4) is 0 Å². The molecule has 0 spiro atoms. The molecule has 1 fully saturated rings. The van der Waals surface area contributed by atoms with Crippen molar-refractivity contribution in [2.75, 3.05) is 26.2 Å². The molecule has 0 unspecified atom stereocenters. The van der Waals surface area contributed by atoms with Gasteiger partial charge >= 0.3 is 0 Å². The molecule has 23 heavy (non-hydrogen) atoms. The number of thiophene rings is 1. The van der Waals surface area contributed by atoms with Crippen molar-refractivity contribution in [3.05, 3.63) is 57.0 Å². The van der Waals surface area contributed by atoms with E-state index in [0.29, 0.717) is 23.7 Å². The predicted molar refractivity (Wildman–Crippen MR) is 91.5 cm³/mol. The summed E-state index contributed by atoms with van der Waals surface area (Å²) >= 11 is 7.57. The molecule has 1 amide bonds. The number of carbonyl (C=O) groups is 1. The molecule has 6 heteroatoms. The smallest absolute Gasteiger partial charge is 0.263 e. The van der Waals surface area contributed by atoms with Crippen LogP contribution in [0.25, 0.3) is 0 Å². The minimum atomic E-state index is -0.270. The molecular formula is C17H18ClFN2OS. The van der Waals surface area contributed by atoms with E-state index in [0.717, 1.165) is 30.9 Å². The zero-order valence-corrected chi connectivity index (χ0v) is 14.2. The zero-order valence-electron chi connectivity index (χ0n) is 12.7. The van der Waals surface area contributed by atoms with E-state index in [1.165, 1.54) is 17.4 Å². The molecule has 1 aliphatic rings. The number of hydrogen-bond acceptors (Lipinski definition) is 3. The highest BCUT2D eigenvalue weighted by Gasteiger charge is 2.22. The van der Waals surface area contributed by atoms with Crippen LogP contribution in [-0.4, -0.2) is 41.9 Å². The van der Waals surface area contributed by atoms with Gasteiger partial charge in [0, 0.05) is 43.3 Å². The van der Waals surface area contributed by atoms with Crippen LogP contribution in [0.1, 0.15) is 21.7 Å². The Morgan fingerprint density at radius 3 is 2.78 bits per heavy atom. The highest BCUT2D eigenvalue weighted by atomic mass is 35.5. The first kappa shape index (κ1) is 16.4. The average Bonchev–Trinajstić information content (AvgIpc) is 2.97. The van der Waals surface area contributed by atoms with E-state index in [-0.39, 0.29) is 11.7 Å². The Bertz CT molecular complexity index is 657. The third-order valence-corrected chi connectivity index (χ3v) is 5.26. The molecule has 3 rings (SSSR count). The maximum absolute atomic E-state index is 13.9. The summed E-state index contributed by atoms with van der Waals surface area (Å²) in [6.45, 7) is 3.42. The lowest BCUT2D eigenvalue weighted by Crippen LogP contribution is -2.34. The number of benzene rings is 1. The number of hydrogen-bond donors (Lipinski definition) is 0. The maximum atomic E-state index is 13.9. The summed E-state index contributed by atoms with van der Waals surface area (Å²) in [6.07, 6.45) is 0.878. The Morgan fingerprint density at radius 1 is 1.17 bits per heavy atom. The van der Waals surface area contributed by atoms with Crippen molar-refractivity contribution in [2.45, 2.75) is 13.0 Å². The standard InChI is InChI=1S/C17H18ClFN2OS/c18-14-4-1-5-15(19)13(14)12-20-7-3-8-21(10-9-20)17(22)16-6-2-11-23-16/h1-2,4-6,11H,3,7-10,12H2. The van der Waals surface area contributed by atoms with Gasteiger partial charge in [0.05, 0.1) is 4.88 Å². The molecule has 3 nitrogen and oxygen atoms in total. The molecule has 0 saturated carbocycles. The molecule has 0 aliphatic carbocycles. The summed E-state index contributed by atoms with van der Waals surface area (Å²) in [4.78, 5) is 17.2. The molecular weight excluding hydrogens is 335 g/mol. The first-order valence-corrected chi connectivity index (χ1v) is 8.89. The van der Waals surface area contributed by atoms with Crippen molar-refractivity contribution >= 4 is 28.8 Å². The normalized spacial score (nSPS) is 16.3. The van der Waals surface area contributed by atoms with Crippen LogP contribution in [0.2, 0.25) is 5.02 Å². The molecule has 1 saturated heterocycles. The van der Waals surface area contributed by atoms with Crippen molar-refractivity contribution in [3.63, 3.8) is 0 Å². The number of amides is 1. The summed E-state index contributed by atoms with van der Waals surface area (Å²) in [5.41, 5.74) is 0.534. The first-order chi connectivity index (χ1) is 11.1. The number of rotatable bonds is 3. The molecule has 1 aromatic carbocycles. The maximum Gasteiger partial charge on any atom is 0.263 e. The van der Waals surface area contributed by atoms with Crippen LogP contribution < -0.4 is 0 Å². The lowest BCUT2D eigenvalue weighted by molar-refractivity contribution is 0.0766. The first-order valence-electron chi connectivity index (χ1n) is 7.63. The van der Waals surface area contributed by atoms with Gasteiger partial charge in [0.25, 0.3) is 5.91 Å². The Morgan fingerprint density at radius 2 is 2.04 bits per heavy atom. The largest absolute Gasteiger partial charge is 0.337 e. The highest BCUT2D eigenvalue weighted by Crippen LogP contribution is 2.22. The van der Waals surface area contributed by atoms with Gasteiger partial charge in [-0.3, -0.25) is 9.69 Å². The minimum absolute atomic E-state index is 0.0887. The van der Waals surface area contributed by atoms with Crippen molar-refractivity contribution < 1.29 is 9.18 Å². The van der Waals surface area contributed by atoms with Gasteiger partial charge in [-0.25, -0.2) is 4.39 Å². The average molecular weight is 353 g/mol. The molecule has 1 aromatic heterocycles. The van der Waals surface area contributed by atoms with Gasteiger partial charge in [0.1, 0.15) is 5.82 Å². The molecule has 0 radical (unpaired) electrons. The lowest BCUT2D eigenvalue weighted by atomic mass is 10.2. The SMILES string of the molecule is O=C(c1cccs1)N1CCCN(Cc2c(F)cccc2Cl)CC1. The van der Waals surface area contributed by atoms with Crippen molar-refractivity contribution in [1.29, 1.82) is 0 Å². The second-order valence-electron chi connectivity index (χ2n) is 5.60. The van der Waals surface area contributed by atoms with E-state index >= 15 is 0 Å².